The molecule has 0 aromatic heterocycles. The summed E-state index contributed by atoms with van der Waals surface area (Å²) in [5.41, 5.74) is 1.14. The lowest BCUT2D eigenvalue weighted by molar-refractivity contribution is -0.139. The number of amides is 4. The highest BCUT2D eigenvalue weighted by atomic mass is 16.5. The molecule has 2 fully saturated rings. The number of carbonyl (C=O) groups excluding carboxylic acids is 3. The van der Waals surface area contributed by atoms with Crippen LogP contribution in [0.3, 0.4) is 0 Å². The zero-order valence-corrected chi connectivity index (χ0v) is 13.7. The molecule has 2 heterocycles. The van der Waals surface area contributed by atoms with E-state index in [1.165, 1.54) is 6.08 Å². The van der Waals surface area contributed by atoms with Crippen molar-refractivity contribution in [1.29, 1.82) is 0 Å². The van der Waals surface area contributed by atoms with E-state index in [9.17, 15) is 14.4 Å². The van der Waals surface area contributed by atoms with E-state index >= 15 is 0 Å². The van der Waals surface area contributed by atoms with E-state index < -0.39 is 11.9 Å². The van der Waals surface area contributed by atoms with Crippen molar-refractivity contribution in [3.8, 4) is 0 Å². The maximum absolute atomic E-state index is 12.3. The van der Waals surface area contributed by atoms with Crippen LogP contribution < -0.4 is 5.32 Å². The van der Waals surface area contributed by atoms with Crippen LogP contribution in [-0.4, -0.2) is 60.5 Å². The lowest BCUT2D eigenvalue weighted by Crippen LogP contribution is -2.47. The standard InChI is InChI=1S/C18H19N3O4/c22-16(20-9-11-25-12-10-20)13-21-17(23)15(19-18(21)24)8-4-7-14-5-2-1-3-6-14/h1-8H,9-13H2,(H,19,24)/b7-4+,15-8-. The summed E-state index contributed by atoms with van der Waals surface area (Å²) in [6.45, 7) is 1.64. The summed E-state index contributed by atoms with van der Waals surface area (Å²) in [6, 6.07) is 9.02. The minimum atomic E-state index is -0.578. The van der Waals surface area contributed by atoms with Crippen molar-refractivity contribution in [3.63, 3.8) is 0 Å². The Bertz CT molecular complexity index is 721. The SMILES string of the molecule is O=C(CN1C(=O)N/C(=C\C=C\c2ccccc2)C1=O)N1CCOCC1. The summed E-state index contributed by atoms with van der Waals surface area (Å²) >= 11 is 0. The average Bonchev–Trinajstić information content (AvgIpc) is 2.91. The average molecular weight is 341 g/mol. The molecule has 2 aliphatic rings. The first-order valence-corrected chi connectivity index (χ1v) is 8.07. The molecule has 130 valence electrons. The zero-order valence-electron chi connectivity index (χ0n) is 13.7. The number of carbonyl (C=O) groups is 3. The fourth-order valence-electron chi connectivity index (χ4n) is 2.60. The molecular formula is C18H19N3O4. The third-order valence-corrected chi connectivity index (χ3v) is 3.97. The highest BCUT2D eigenvalue weighted by Gasteiger charge is 2.35. The molecule has 7 nitrogen and oxygen atoms in total. The van der Waals surface area contributed by atoms with E-state index in [1.54, 1.807) is 11.0 Å². The summed E-state index contributed by atoms with van der Waals surface area (Å²) in [5.74, 6) is -0.753. The lowest BCUT2D eigenvalue weighted by atomic mass is 10.2. The van der Waals surface area contributed by atoms with Crippen molar-refractivity contribution in [1.82, 2.24) is 15.1 Å². The Morgan fingerprint density at radius 2 is 1.88 bits per heavy atom. The summed E-state index contributed by atoms with van der Waals surface area (Å²) in [6.07, 6.45) is 5.05. The van der Waals surface area contributed by atoms with Gasteiger partial charge in [-0.05, 0) is 11.6 Å². The van der Waals surface area contributed by atoms with Gasteiger partial charge in [-0.1, -0.05) is 42.5 Å². The van der Waals surface area contributed by atoms with E-state index in [-0.39, 0.29) is 18.1 Å². The van der Waals surface area contributed by atoms with Crippen LogP contribution in [0.1, 0.15) is 5.56 Å². The quantitative estimate of drug-likeness (QED) is 0.654. The monoisotopic (exact) mass is 341 g/mol. The van der Waals surface area contributed by atoms with Gasteiger partial charge in [0.2, 0.25) is 5.91 Å². The Labute approximate surface area is 145 Å². The number of ether oxygens (including phenoxy) is 1. The Balaban J connectivity index is 1.62. The van der Waals surface area contributed by atoms with Crippen molar-refractivity contribution >= 4 is 23.9 Å². The Kier molecular flexibility index (Phi) is 5.25. The molecule has 1 aromatic carbocycles. The van der Waals surface area contributed by atoms with Gasteiger partial charge in [-0.3, -0.25) is 9.59 Å². The van der Waals surface area contributed by atoms with Crippen molar-refractivity contribution in [2.24, 2.45) is 0 Å². The molecule has 0 bridgehead atoms. The first kappa shape index (κ1) is 16.9. The molecule has 0 aliphatic carbocycles. The Morgan fingerprint density at radius 3 is 2.60 bits per heavy atom. The van der Waals surface area contributed by atoms with Crippen LogP contribution in [0.5, 0.6) is 0 Å². The lowest BCUT2D eigenvalue weighted by Gasteiger charge is -2.27. The second kappa shape index (κ2) is 7.76. The smallest absolute Gasteiger partial charge is 0.329 e. The van der Waals surface area contributed by atoms with E-state index in [4.69, 9.17) is 4.74 Å². The van der Waals surface area contributed by atoms with E-state index in [1.807, 2.05) is 36.4 Å². The number of allylic oxidation sites excluding steroid dienone is 2. The third kappa shape index (κ3) is 4.13. The fraction of sp³-hybridized carbons (Fsp3) is 0.278. The van der Waals surface area contributed by atoms with Crippen LogP contribution in [0.4, 0.5) is 4.79 Å². The molecular weight excluding hydrogens is 322 g/mol. The third-order valence-electron chi connectivity index (χ3n) is 3.97. The van der Waals surface area contributed by atoms with Crippen molar-refractivity contribution in [2.75, 3.05) is 32.8 Å². The first-order chi connectivity index (χ1) is 12.1. The molecule has 1 N–H and O–H groups in total. The summed E-state index contributed by atoms with van der Waals surface area (Å²) < 4.78 is 5.19. The van der Waals surface area contributed by atoms with Gasteiger partial charge in [0.25, 0.3) is 5.91 Å². The van der Waals surface area contributed by atoms with Gasteiger partial charge in [-0.2, -0.15) is 0 Å². The molecule has 4 amide bonds. The molecule has 0 radical (unpaired) electrons. The van der Waals surface area contributed by atoms with Crippen molar-refractivity contribution in [2.45, 2.75) is 0 Å². The van der Waals surface area contributed by atoms with E-state index in [0.717, 1.165) is 10.5 Å². The predicted octanol–water partition coefficient (Wildman–Crippen LogP) is 0.994. The highest BCUT2D eigenvalue weighted by Crippen LogP contribution is 2.11. The maximum atomic E-state index is 12.3. The van der Waals surface area contributed by atoms with Crippen LogP contribution in [0, 0.1) is 0 Å². The molecule has 0 saturated carbocycles. The summed E-state index contributed by atoms with van der Waals surface area (Å²) in [4.78, 5) is 39.0. The molecule has 2 saturated heterocycles. The predicted molar refractivity (Wildman–Crippen MR) is 91.2 cm³/mol. The van der Waals surface area contributed by atoms with Gasteiger partial charge in [-0.15, -0.1) is 0 Å². The number of nitrogens with one attached hydrogen (secondary N) is 1. The zero-order chi connectivity index (χ0) is 17.6. The summed E-state index contributed by atoms with van der Waals surface area (Å²) in [7, 11) is 0. The van der Waals surface area contributed by atoms with E-state index in [0.29, 0.717) is 26.3 Å². The van der Waals surface area contributed by atoms with Crippen LogP contribution in [0.15, 0.2) is 48.2 Å². The van der Waals surface area contributed by atoms with Gasteiger partial charge in [0.1, 0.15) is 12.2 Å². The number of benzene rings is 1. The van der Waals surface area contributed by atoms with Crippen LogP contribution >= 0.6 is 0 Å². The minimum Gasteiger partial charge on any atom is -0.378 e. The van der Waals surface area contributed by atoms with Crippen LogP contribution in [-0.2, 0) is 14.3 Å². The number of morpholine rings is 1. The number of imide groups is 1. The van der Waals surface area contributed by atoms with Gasteiger partial charge in [0, 0.05) is 13.1 Å². The van der Waals surface area contributed by atoms with Gasteiger partial charge in [0.05, 0.1) is 13.2 Å². The van der Waals surface area contributed by atoms with Gasteiger partial charge < -0.3 is 15.0 Å². The summed E-state index contributed by atoms with van der Waals surface area (Å²) in [5, 5.41) is 2.50. The fourth-order valence-corrected chi connectivity index (χ4v) is 2.60. The second-order valence-corrected chi connectivity index (χ2v) is 5.66. The van der Waals surface area contributed by atoms with Crippen molar-refractivity contribution in [3.05, 3.63) is 53.7 Å². The topological polar surface area (TPSA) is 79.0 Å². The molecule has 3 rings (SSSR count). The van der Waals surface area contributed by atoms with Gasteiger partial charge in [0.15, 0.2) is 0 Å². The van der Waals surface area contributed by atoms with Crippen LogP contribution in [0.25, 0.3) is 6.08 Å². The normalized spacial score (nSPS) is 19.8. The van der Waals surface area contributed by atoms with Gasteiger partial charge >= 0.3 is 6.03 Å². The molecule has 25 heavy (non-hydrogen) atoms. The number of nitrogens with zero attached hydrogens (tertiary/aromatic N) is 2. The van der Waals surface area contributed by atoms with E-state index in [2.05, 4.69) is 5.32 Å². The number of hydrogen-bond acceptors (Lipinski definition) is 4. The molecule has 0 spiro atoms. The maximum Gasteiger partial charge on any atom is 0.329 e. The van der Waals surface area contributed by atoms with Crippen LogP contribution in [0.2, 0.25) is 0 Å². The first-order valence-electron chi connectivity index (χ1n) is 8.07. The Morgan fingerprint density at radius 1 is 1.16 bits per heavy atom. The number of urea groups is 1. The molecule has 7 heteroatoms. The van der Waals surface area contributed by atoms with Crippen molar-refractivity contribution < 1.29 is 19.1 Å². The highest BCUT2D eigenvalue weighted by molar-refractivity contribution is 6.13. The second-order valence-electron chi connectivity index (χ2n) is 5.66. The molecule has 1 aromatic rings. The molecule has 2 aliphatic heterocycles. The minimum absolute atomic E-state index is 0.159. The number of hydrogen-bond donors (Lipinski definition) is 1. The molecule has 0 unspecified atom stereocenters. The molecule has 0 atom stereocenters. The number of rotatable bonds is 4. The Hall–Kier alpha value is -2.93. The largest absolute Gasteiger partial charge is 0.378 e. The van der Waals surface area contributed by atoms with Gasteiger partial charge in [-0.25, -0.2) is 9.69 Å².